The van der Waals surface area contributed by atoms with Crippen LogP contribution in [-0.4, -0.2) is 20.2 Å². The maximum absolute atomic E-state index is 11.0. The van der Waals surface area contributed by atoms with Crippen LogP contribution in [0.1, 0.15) is 0 Å². The molecule has 0 saturated heterocycles. The van der Waals surface area contributed by atoms with Gasteiger partial charge >= 0.3 is 0 Å². The molecule has 0 fully saturated rings. The van der Waals surface area contributed by atoms with Gasteiger partial charge in [-0.05, 0) is 11.6 Å². The highest BCUT2D eigenvalue weighted by atomic mass is 35.5. The van der Waals surface area contributed by atoms with Crippen molar-refractivity contribution >= 4 is 34.2 Å². The Morgan fingerprint density at radius 1 is 1.17 bits per heavy atom. The van der Waals surface area contributed by atoms with E-state index in [1.165, 1.54) is 0 Å². The lowest BCUT2D eigenvalue weighted by atomic mass is 10.4. The first kappa shape index (κ1) is 7.57. The van der Waals surface area contributed by atoms with Crippen LogP contribution < -0.4 is 5.56 Å². The molecule has 0 spiro atoms. The van der Waals surface area contributed by atoms with Crippen molar-refractivity contribution in [1.29, 1.82) is 0 Å². The summed E-state index contributed by atoms with van der Waals surface area (Å²) in [7, 11) is 0. The molecule has 7 heteroatoms. The molecule has 0 unspecified atom stereocenters. The van der Waals surface area contributed by atoms with Gasteiger partial charge in [-0.25, -0.2) is 4.98 Å². The number of rotatable bonds is 0. The highest BCUT2D eigenvalue weighted by Gasteiger charge is 2.09. The lowest BCUT2D eigenvalue weighted by Gasteiger charge is -1.90. The minimum absolute atomic E-state index is 0.00255. The van der Waals surface area contributed by atoms with Gasteiger partial charge in [0, 0.05) is 0 Å². The minimum Gasteiger partial charge on any atom is -0.281 e. The van der Waals surface area contributed by atoms with E-state index in [1.807, 2.05) is 0 Å². The van der Waals surface area contributed by atoms with Gasteiger partial charge in [0.05, 0.1) is 0 Å². The molecule has 5 nitrogen and oxygen atoms in total. The molecule has 0 bridgehead atoms. The van der Waals surface area contributed by atoms with E-state index >= 15 is 0 Å². The Morgan fingerprint density at radius 3 is 2.67 bits per heavy atom. The molecule has 0 atom stereocenters. The van der Waals surface area contributed by atoms with Crippen molar-refractivity contribution < 1.29 is 0 Å². The van der Waals surface area contributed by atoms with Gasteiger partial charge in [0.25, 0.3) is 5.56 Å². The van der Waals surface area contributed by atoms with Crippen molar-refractivity contribution in [2.24, 2.45) is 0 Å². The van der Waals surface area contributed by atoms with E-state index in [0.29, 0.717) is 5.65 Å². The van der Waals surface area contributed by atoms with Crippen molar-refractivity contribution in [1.82, 2.24) is 20.2 Å². The Balaban J connectivity index is 3.03. The second-order valence-electron chi connectivity index (χ2n) is 2.09. The predicted octanol–water partition coefficient (Wildman–Crippen LogP) is 0.953. The molecule has 2 aromatic rings. The second kappa shape index (κ2) is 2.46. The van der Waals surface area contributed by atoms with Crippen LogP contribution >= 0.6 is 23.2 Å². The molecule has 12 heavy (non-hydrogen) atoms. The number of aromatic nitrogens is 4. The summed E-state index contributed by atoms with van der Waals surface area (Å²) in [4.78, 5) is 18.4. The summed E-state index contributed by atoms with van der Waals surface area (Å²) < 4.78 is 0. The highest BCUT2D eigenvalue weighted by molar-refractivity contribution is 6.35. The molecule has 2 heterocycles. The fraction of sp³-hybridized carbons (Fsp3) is 0. The van der Waals surface area contributed by atoms with Crippen molar-refractivity contribution in [2.45, 2.75) is 0 Å². The molecular formula is C5H2Cl2N4O. The average molecular weight is 205 g/mol. The topological polar surface area (TPSA) is 74.4 Å². The Bertz CT molecular complexity index is 488. The fourth-order valence-corrected chi connectivity index (χ4v) is 1.35. The van der Waals surface area contributed by atoms with Gasteiger partial charge < -0.3 is 0 Å². The lowest BCUT2D eigenvalue weighted by Crippen LogP contribution is -1.99. The Labute approximate surface area is 75.7 Å². The van der Waals surface area contributed by atoms with Crippen LogP contribution in [0.4, 0.5) is 0 Å². The number of nitrogens with zero attached hydrogens (tertiary/aromatic N) is 2. The van der Waals surface area contributed by atoms with E-state index in [4.69, 9.17) is 23.2 Å². The second-order valence-corrected chi connectivity index (χ2v) is 2.78. The molecule has 2 aromatic heterocycles. The maximum atomic E-state index is 11.0. The molecule has 2 N–H and O–H groups in total. The van der Waals surface area contributed by atoms with Crippen LogP contribution in [0, 0.1) is 0 Å². The van der Waals surface area contributed by atoms with Gasteiger partial charge in [0.1, 0.15) is 10.5 Å². The minimum atomic E-state index is -0.355. The molecule has 62 valence electrons. The first-order valence-corrected chi connectivity index (χ1v) is 3.73. The van der Waals surface area contributed by atoms with Crippen LogP contribution in [0.3, 0.4) is 0 Å². The first-order valence-electron chi connectivity index (χ1n) is 2.98. The fourth-order valence-electron chi connectivity index (χ4n) is 0.878. The van der Waals surface area contributed by atoms with Crippen molar-refractivity contribution in [3.05, 3.63) is 20.8 Å². The lowest BCUT2D eigenvalue weighted by molar-refractivity contribution is 1.06. The molecular weight excluding hydrogens is 203 g/mol. The Hall–Kier alpha value is -1.07. The quantitative estimate of drug-likeness (QED) is 0.496. The SMILES string of the molecule is O=c1[nH][nH]c2nc(Cl)nc(Cl)c12. The van der Waals surface area contributed by atoms with Gasteiger partial charge in [-0.3, -0.25) is 15.0 Å². The van der Waals surface area contributed by atoms with Crippen LogP contribution in [0.15, 0.2) is 4.79 Å². The van der Waals surface area contributed by atoms with E-state index in [1.54, 1.807) is 0 Å². The predicted molar refractivity (Wildman–Crippen MR) is 44.5 cm³/mol. The summed E-state index contributed by atoms with van der Waals surface area (Å²) >= 11 is 11.1. The van der Waals surface area contributed by atoms with Gasteiger partial charge in [0.2, 0.25) is 5.28 Å². The summed E-state index contributed by atoms with van der Waals surface area (Å²) in [6.07, 6.45) is 0. The number of hydrogen-bond donors (Lipinski definition) is 2. The number of H-pyrrole nitrogens is 2. The summed E-state index contributed by atoms with van der Waals surface area (Å²) in [6, 6.07) is 0. The molecule has 0 aliphatic heterocycles. The summed E-state index contributed by atoms with van der Waals surface area (Å²) in [5.41, 5.74) is -0.0448. The van der Waals surface area contributed by atoms with Crippen LogP contribution in [0.25, 0.3) is 11.0 Å². The van der Waals surface area contributed by atoms with Crippen molar-refractivity contribution in [2.75, 3.05) is 0 Å². The average Bonchev–Trinajstić information content (AvgIpc) is 2.31. The smallest absolute Gasteiger partial charge is 0.276 e. The zero-order valence-electron chi connectivity index (χ0n) is 5.56. The van der Waals surface area contributed by atoms with Crippen molar-refractivity contribution in [3.8, 4) is 0 Å². The third kappa shape index (κ3) is 0.981. The van der Waals surface area contributed by atoms with Gasteiger partial charge in [0.15, 0.2) is 5.65 Å². The van der Waals surface area contributed by atoms with Crippen LogP contribution in [0.5, 0.6) is 0 Å². The number of fused-ring (bicyclic) bond motifs is 1. The molecule has 0 saturated carbocycles. The number of hydrogen-bond acceptors (Lipinski definition) is 3. The standard InChI is InChI=1S/C5H2Cl2N4O/c6-2-1-3(9-5(7)8-2)10-11-4(1)12/h(H2,8,9,10,11,12). The molecule has 0 aliphatic rings. The van der Waals surface area contributed by atoms with E-state index in [2.05, 4.69) is 20.2 Å². The van der Waals surface area contributed by atoms with Crippen LogP contribution in [-0.2, 0) is 0 Å². The van der Waals surface area contributed by atoms with E-state index < -0.39 is 0 Å². The Morgan fingerprint density at radius 2 is 1.92 bits per heavy atom. The van der Waals surface area contributed by atoms with Gasteiger partial charge in [-0.2, -0.15) is 4.98 Å². The van der Waals surface area contributed by atoms with Crippen LogP contribution in [0.2, 0.25) is 10.4 Å². The normalized spacial score (nSPS) is 10.8. The summed E-state index contributed by atoms with van der Waals surface area (Å²) in [6.45, 7) is 0. The zero-order valence-corrected chi connectivity index (χ0v) is 7.07. The van der Waals surface area contributed by atoms with Gasteiger partial charge in [-0.15, -0.1) is 0 Å². The monoisotopic (exact) mass is 204 g/mol. The van der Waals surface area contributed by atoms with Gasteiger partial charge in [-0.1, -0.05) is 11.6 Å². The zero-order chi connectivity index (χ0) is 8.72. The van der Waals surface area contributed by atoms with Crippen molar-refractivity contribution in [3.63, 3.8) is 0 Å². The number of aromatic amines is 2. The van der Waals surface area contributed by atoms with E-state index in [9.17, 15) is 4.79 Å². The molecule has 2 rings (SSSR count). The Kier molecular flexibility index (Phi) is 1.55. The number of nitrogens with one attached hydrogen (secondary N) is 2. The molecule has 0 aromatic carbocycles. The largest absolute Gasteiger partial charge is 0.281 e. The molecule has 0 amide bonds. The highest BCUT2D eigenvalue weighted by Crippen LogP contribution is 2.16. The summed E-state index contributed by atoms with van der Waals surface area (Å²) in [5.74, 6) is 0. The third-order valence-corrected chi connectivity index (χ3v) is 1.80. The first-order chi connectivity index (χ1) is 5.68. The molecule has 0 aliphatic carbocycles. The summed E-state index contributed by atoms with van der Waals surface area (Å²) in [5, 5.41) is 5.10. The van der Waals surface area contributed by atoms with E-state index in [-0.39, 0.29) is 21.4 Å². The maximum Gasteiger partial charge on any atom is 0.276 e. The van der Waals surface area contributed by atoms with E-state index in [0.717, 1.165) is 0 Å². The third-order valence-electron chi connectivity index (χ3n) is 1.36. The molecule has 0 radical (unpaired) electrons. The number of halogens is 2.